The van der Waals surface area contributed by atoms with Crippen LogP contribution >= 0.6 is 0 Å². The molecular formula is C47H74O10. The van der Waals surface area contributed by atoms with Crippen LogP contribution in [0.25, 0.3) is 0 Å². The van der Waals surface area contributed by atoms with Crippen molar-refractivity contribution in [3.05, 3.63) is 97.2 Å². The van der Waals surface area contributed by atoms with Crippen molar-refractivity contribution in [2.45, 2.75) is 166 Å². The van der Waals surface area contributed by atoms with Gasteiger partial charge in [0.25, 0.3) is 0 Å². The van der Waals surface area contributed by atoms with Crippen molar-refractivity contribution in [3.8, 4) is 0 Å². The van der Waals surface area contributed by atoms with Crippen LogP contribution in [0, 0.1) is 0 Å². The van der Waals surface area contributed by atoms with Gasteiger partial charge >= 0.3 is 11.9 Å². The zero-order chi connectivity index (χ0) is 41.6. The molecule has 0 amide bonds. The Morgan fingerprint density at radius 3 is 1.56 bits per heavy atom. The van der Waals surface area contributed by atoms with E-state index < -0.39 is 55.4 Å². The third-order valence-electron chi connectivity index (χ3n) is 8.93. The Morgan fingerprint density at radius 1 is 0.561 bits per heavy atom. The lowest BCUT2D eigenvalue weighted by Gasteiger charge is -2.39. The van der Waals surface area contributed by atoms with Gasteiger partial charge in [0.2, 0.25) is 0 Å². The van der Waals surface area contributed by atoms with E-state index in [9.17, 15) is 30.0 Å². The number of carbonyl (C=O) groups excluding carboxylic acids is 2. The van der Waals surface area contributed by atoms with Crippen LogP contribution in [0.5, 0.6) is 0 Å². The first-order valence-electron chi connectivity index (χ1n) is 21.3. The molecule has 5 unspecified atom stereocenters. The van der Waals surface area contributed by atoms with Crippen LogP contribution in [0.4, 0.5) is 0 Å². The number of aliphatic hydroxyl groups is 4. The second-order valence-corrected chi connectivity index (χ2v) is 14.1. The number of esters is 2. The number of allylic oxidation sites excluding steroid dienone is 16. The third-order valence-corrected chi connectivity index (χ3v) is 8.93. The molecular weight excluding hydrogens is 725 g/mol. The molecule has 57 heavy (non-hydrogen) atoms. The molecule has 1 fully saturated rings. The lowest BCUT2D eigenvalue weighted by molar-refractivity contribution is -0.305. The normalized spacial score (nSPS) is 21.3. The fourth-order valence-corrected chi connectivity index (χ4v) is 5.58. The molecule has 10 nitrogen and oxygen atoms in total. The van der Waals surface area contributed by atoms with Crippen molar-refractivity contribution in [2.24, 2.45) is 0 Å². The summed E-state index contributed by atoms with van der Waals surface area (Å²) in [6.45, 7) is 3.13. The molecule has 322 valence electrons. The van der Waals surface area contributed by atoms with Crippen LogP contribution in [0.15, 0.2) is 97.2 Å². The molecule has 0 aliphatic carbocycles. The van der Waals surface area contributed by atoms with E-state index in [-0.39, 0.29) is 26.1 Å². The molecule has 1 heterocycles. The van der Waals surface area contributed by atoms with Gasteiger partial charge in [0.05, 0.1) is 13.2 Å². The van der Waals surface area contributed by atoms with Crippen LogP contribution in [0.3, 0.4) is 0 Å². The van der Waals surface area contributed by atoms with Crippen molar-refractivity contribution < 1.29 is 49.0 Å². The maximum absolute atomic E-state index is 12.7. The fourth-order valence-electron chi connectivity index (χ4n) is 5.58. The Labute approximate surface area is 343 Å². The van der Waals surface area contributed by atoms with Crippen molar-refractivity contribution in [1.82, 2.24) is 0 Å². The topological polar surface area (TPSA) is 152 Å². The van der Waals surface area contributed by atoms with E-state index in [0.717, 1.165) is 83.5 Å². The number of ether oxygens (including phenoxy) is 4. The number of hydrogen-bond donors (Lipinski definition) is 4. The van der Waals surface area contributed by atoms with Crippen molar-refractivity contribution in [2.75, 3.05) is 19.8 Å². The van der Waals surface area contributed by atoms with Gasteiger partial charge in [-0.15, -0.1) is 0 Å². The predicted octanol–water partition coefficient (Wildman–Crippen LogP) is 8.77. The molecule has 0 aromatic rings. The molecule has 10 heteroatoms. The Balaban J connectivity index is 2.43. The number of unbranched alkanes of at least 4 members (excludes halogenated alkanes) is 6. The summed E-state index contributed by atoms with van der Waals surface area (Å²) in [7, 11) is 0. The van der Waals surface area contributed by atoms with Gasteiger partial charge in [0, 0.05) is 12.8 Å². The maximum Gasteiger partial charge on any atom is 0.306 e. The lowest BCUT2D eigenvalue weighted by Crippen LogP contribution is -2.59. The number of rotatable bonds is 33. The minimum absolute atomic E-state index is 0.164. The van der Waals surface area contributed by atoms with Gasteiger partial charge in [0.1, 0.15) is 31.0 Å². The summed E-state index contributed by atoms with van der Waals surface area (Å²) in [5.74, 6) is -0.904. The molecule has 0 saturated carbocycles. The maximum atomic E-state index is 12.7. The molecule has 6 atom stereocenters. The summed E-state index contributed by atoms with van der Waals surface area (Å²) in [5, 5.41) is 40.0. The van der Waals surface area contributed by atoms with E-state index in [1.54, 1.807) is 0 Å². The summed E-state index contributed by atoms with van der Waals surface area (Å²) in [6.07, 6.45) is 41.3. The van der Waals surface area contributed by atoms with E-state index in [2.05, 4.69) is 111 Å². The van der Waals surface area contributed by atoms with E-state index in [0.29, 0.717) is 12.8 Å². The van der Waals surface area contributed by atoms with Crippen LogP contribution in [0.1, 0.15) is 129 Å². The lowest BCUT2D eigenvalue weighted by atomic mass is 9.99. The predicted molar refractivity (Wildman–Crippen MR) is 228 cm³/mol. The molecule has 0 radical (unpaired) electrons. The standard InChI is InChI=1S/C47H74O10/c1-3-5-7-9-11-13-15-17-19-21-23-25-27-29-31-33-35-42(49)54-38-40(39-55-47-46(53)45(52)44(51)41(37-48)57-47)56-43(50)36-34-32-30-28-26-24-22-20-18-16-14-12-10-8-6-4-2/h5,7-8,10-11,13-14,16-17,19-20,22-23,25-26,28,40-41,44-48,51-53H,3-4,6,9,12,15,18,21,24,27,29-39H2,1-2H3/b7-5+,10-8+,13-11+,16-14+,19-17+,22-20+,25-23+,28-26+/t40-,41?,44?,45?,46?,47?/m1/s1. The quantitative estimate of drug-likeness (QED) is 0.0288. The second-order valence-electron chi connectivity index (χ2n) is 14.1. The summed E-state index contributed by atoms with van der Waals surface area (Å²) in [6, 6.07) is 0. The average molecular weight is 799 g/mol. The fraction of sp³-hybridized carbons (Fsp3) is 0.617. The smallest absolute Gasteiger partial charge is 0.306 e. The average Bonchev–Trinajstić information content (AvgIpc) is 3.21. The SMILES string of the molecule is CC/C=C/C/C=C/C/C=C/C/C=C/CCCCCC(=O)OC[C@H](COC1OC(CO)C(O)C(O)C1O)OC(=O)CCCC/C=C/C/C=C/C/C=C/C/C=C/CCC. The third kappa shape index (κ3) is 28.6. The molecule has 1 saturated heterocycles. The Kier molecular flexibility index (Phi) is 33.5. The summed E-state index contributed by atoms with van der Waals surface area (Å²) in [4.78, 5) is 25.3. The van der Waals surface area contributed by atoms with Gasteiger partial charge in [-0.2, -0.15) is 0 Å². The number of carbonyl (C=O) groups is 2. The van der Waals surface area contributed by atoms with Gasteiger partial charge in [-0.1, -0.05) is 124 Å². The van der Waals surface area contributed by atoms with Gasteiger partial charge in [-0.3, -0.25) is 9.59 Å². The Morgan fingerprint density at radius 2 is 1.04 bits per heavy atom. The van der Waals surface area contributed by atoms with E-state index in [4.69, 9.17) is 18.9 Å². The van der Waals surface area contributed by atoms with Gasteiger partial charge < -0.3 is 39.4 Å². The van der Waals surface area contributed by atoms with Crippen LogP contribution in [0.2, 0.25) is 0 Å². The zero-order valence-corrected chi connectivity index (χ0v) is 34.8. The molecule has 0 spiro atoms. The number of hydrogen-bond acceptors (Lipinski definition) is 10. The van der Waals surface area contributed by atoms with Crippen molar-refractivity contribution >= 4 is 11.9 Å². The summed E-state index contributed by atoms with van der Waals surface area (Å²) < 4.78 is 22.0. The van der Waals surface area contributed by atoms with Crippen LogP contribution in [-0.4, -0.2) is 89.0 Å². The highest BCUT2D eigenvalue weighted by Gasteiger charge is 2.44. The van der Waals surface area contributed by atoms with Gasteiger partial charge in [-0.25, -0.2) is 0 Å². The Bertz CT molecular complexity index is 1240. The van der Waals surface area contributed by atoms with Crippen molar-refractivity contribution in [1.29, 1.82) is 0 Å². The van der Waals surface area contributed by atoms with Gasteiger partial charge in [-0.05, 0) is 89.9 Å². The molecule has 1 rings (SSSR count). The molecule has 0 aromatic heterocycles. The van der Waals surface area contributed by atoms with Crippen molar-refractivity contribution in [3.63, 3.8) is 0 Å². The van der Waals surface area contributed by atoms with Crippen LogP contribution in [-0.2, 0) is 28.5 Å². The first-order valence-corrected chi connectivity index (χ1v) is 21.3. The van der Waals surface area contributed by atoms with E-state index in [1.165, 1.54) is 6.42 Å². The first-order chi connectivity index (χ1) is 27.8. The second kappa shape index (κ2) is 36.9. The minimum Gasteiger partial charge on any atom is -0.462 e. The molecule has 0 aromatic carbocycles. The minimum atomic E-state index is -1.61. The Hall–Kier alpha value is -3.38. The van der Waals surface area contributed by atoms with Crippen LogP contribution < -0.4 is 0 Å². The summed E-state index contributed by atoms with van der Waals surface area (Å²) >= 11 is 0. The molecule has 0 bridgehead atoms. The number of aliphatic hydroxyl groups excluding tert-OH is 4. The highest BCUT2D eigenvalue weighted by molar-refractivity contribution is 5.70. The van der Waals surface area contributed by atoms with E-state index >= 15 is 0 Å². The van der Waals surface area contributed by atoms with Gasteiger partial charge in [0.15, 0.2) is 12.4 Å². The highest BCUT2D eigenvalue weighted by Crippen LogP contribution is 2.22. The summed E-state index contributed by atoms with van der Waals surface area (Å²) in [5.41, 5.74) is 0. The first kappa shape index (κ1) is 51.6. The molecule has 1 aliphatic rings. The van der Waals surface area contributed by atoms with E-state index in [1.807, 2.05) is 0 Å². The largest absolute Gasteiger partial charge is 0.462 e. The zero-order valence-electron chi connectivity index (χ0n) is 34.8. The monoisotopic (exact) mass is 799 g/mol. The molecule has 4 N–H and O–H groups in total. The molecule has 1 aliphatic heterocycles. The highest BCUT2D eigenvalue weighted by atomic mass is 16.7.